The van der Waals surface area contributed by atoms with E-state index in [1.165, 1.54) is 12.1 Å². The van der Waals surface area contributed by atoms with Gasteiger partial charge in [0.1, 0.15) is 11.4 Å². The van der Waals surface area contributed by atoms with Crippen LogP contribution in [0.1, 0.15) is 6.42 Å². The van der Waals surface area contributed by atoms with Gasteiger partial charge in [-0.3, -0.25) is 19.2 Å². The van der Waals surface area contributed by atoms with Gasteiger partial charge >= 0.3 is 7.82 Å². The van der Waals surface area contributed by atoms with Gasteiger partial charge < -0.3 is 25.6 Å². The fourth-order valence-electron chi connectivity index (χ4n) is 3.82. The second kappa shape index (κ2) is 8.09. The maximum Gasteiger partial charge on any atom is 0.527 e. The quantitative estimate of drug-likeness (QED) is 0.384. The summed E-state index contributed by atoms with van der Waals surface area (Å²) < 4.78 is 22.4. The molecule has 2 aromatic rings. The molecule has 0 spiro atoms. The van der Waals surface area contributed by atoms with Crippen LogP contribution in [0.3, 0.4) is 0 Å². The number of hydrogen-bond acceptors (Lipinski definition) is 9. The summed E-state index contributed by atoms with van der Waals surface area (Å²) in [5, 5.41) is 13.0. The van der Waals surface area contributed by atoms with Gasteiger partial charge in [0.25, 0.3) is 5.56 Å². The zero-order valence-corrected chi connectivity index (χ0v) is 17.3. The number of aliphatic hydroxyl groups excluding tert-OH is 1. The molecule has 0 amide bonds. The Bertz CT molecular complexity index is 1050. The summed E-state index contributed by atoms with van der Waals surface area (Å²) in [6, 6.07) is 6.15. The standard InChI is InChI=1S/C17H21ClN5O6P/c18-11-3-1-2-4-13(11)29-30(26,27)28-7-9-5-12(10(9)6-24)23-8-20-14-15(23)21-17(19)22-16(14)25/h1-4,9-10,12,20,24H,5-8H2,(H,26,27)(H3,19,21,22,25). The van der Waals surface area contributed by atoms with Crippen molar-refractivity contribution in [2.75, 3.05) is 35.8 Å². The van der Waals surface area contributed by atoms with Gasteiger partial charge in [-0.1, -0.05) is 23.7 Å². The van der Waals surface area contributed by atoms with Crippen LogP contribution in [0, 0.1) is 11.8 Å². The molecule has 2 aliphatic rings. The van der Waals surface area contributed by atoms with Crippen molar-refractivity contribution in [2.24, 2.45) is 11.8 Å². The topological polar surface area (TPSA) is 163 Å². The number of phosphoric acid groups is 1. The van der Waals surface area contributed by atoms with Gasteiger partial charge in [0.2, 0.25) is 5.95 Å². The van der Waals surface area contributed by atoms with Gasteiger partial charge in [0.15, 0.2) is 5.82 Å². The average molecular weight is 458 g/mol. The molecule has 1 aliphatic heterocycles. The minimum atomic E-state index is -4.39. The normalized spacial score (nSPS) is 24.5. The van der Waals surface area contributed by atoms with E-state index in [0.717, 1.165) is 0 Å². The first kappa shape index (κ1) is 21.0. The molecule has 0 bridgehead atoms. The van der Waals surface area contributed by atoms with Crippen molar-refractivity contribution < 1.29 is 23.6 Å². The number of aliphatic hydroxyl groups is 1. The van der Waals surface area contributed by atoms with E-state index in [1.54, 1.807) is 12.1 Å². The number of benzene rings is 1. The predicted octanol–water partition coefficient (Wildman–Crippen LogP) is 1.39. The zero-order chi connectivity index (χ0) is 21.5. The first-order valence-electron chi connectivity index (χ1n) is 9.21. The Morgan fingerprint density at radius 1 is 1.40 bits per heavy atom. The van der Waals surface area contributed by atoms with Crippen molar-refractivity contribution in [2.45, 2.75) is 12.5 Å². The lowest BCUT2D eigenvalue weighted by Crippen LogP contribution is -2.55. The largest absolute Gasteiger partial charge is 0.527 e. The third-order valence-electron chi connectivity index (χ3n) is 5.37. The molecule has 30 heavy (non-hydrogen) atoms. The van der Waals surface area contributed by atoms with Gasteiger partial charge in [0.05, 0.1) is 18.3 Å². The van der Waals surface area contributed by atoms with Gasteiger partial charge in [-0.2, -0.15) is 4.98 Å². The number of nitrogens with one attached hydrogen (secondary N) is 2. The smallest absolute Gasteiger partial charge is 0.403 e. The number of aromatic nitrogens is 2. The highest BCUT2D eigenvalue weighted by molar-refractivity contribution is 7.47. The van der Waals surface area contributed by atoms with Gasteiger partial charge in [-0.05, 0) is 24.5 Å². The number of nitrogens with two attached hydrogens (primary N) is 1. The Labute approximate surface area is 176 Å². The highest BCUT2D eigenvalue weighted by atomic mass is 35.5. The molecule has 4 atom stereocenters. The molecule has 1 aromatic carbocycles. The van der Waals surface area contributed by atoms with Crippen molar-refractivity contribution >= 4 is 36.9 Å². The van der Waals surface area contributed by atoms with Crippen LogP contribution in [0.15, 0.2) is 29.1 Å². The van der Waals surface area contributed by atoms with E-state index in [4.69, 9.17) is 26.4 Å². The fourth-order valence-corrected chi connectivity index (χ4v) is 4.89. The van der Waals surface area contributed by atoms with E-state index in [2.05, 4.69) is 15.3 Å². The van der Waals surface area contributed by atoms with Crippen molar-refractivity contribution in [3.05, 3.63) is 39.6 Å². The van der Waals surface area contributed by atoms with Gasteiger partial charge in [-0.15, -0.1) is 0 Å². The highest BCUT2D eigenvalue weighted by Crippen LogP contribution is 2.49. The predicted molar refractivity (Wildman–Crippen MR) is 111 cm³/mol. The Hall–Kier alpha value is -2.30. The van der Waals surface area contributed by atoms with Crippen LogP contribution < -0.4 is 26.0 Å². The molecular weight excluding hydrogens is 437 g/mol. The van der Waals surface area contributed by atoms with E-state index < -0.39 is 7.82 Å². The molecule has 162 valence electrons. The number of halogens is 1. The summed E-state index contributed by atoms with van der Waals surface area (Å²) in [7, 11) is -4.39. The lowest BCUT2D eigenvalue weighted by atomic mass is 9.69. The van der Waals surface area contributed by atoms with Gasteiger partial charge in [0, 0.05) is 18.6 Å². The number of anilines is 3. The van der Waals surface area contributed by atoms with E-state index in [9.17, 15) is 19.4 Å². The van der Waals surface area contributed by atoms with E-state index in [-0.39, 0.29) is 53.4 Å². The van der Waals surface area contributed by atoms with Crippen LogP contribution in [0.4, 0.5) is 17.5 Å². The summed E-state index contributed by atoms with van der Waals surface area (Å²) in [6.45, 7) is 0.0983. The highest BCUT2D eigenvalue weighted by Gasteiger charge is 2.47. The molecule has 0 saturated heterocycles. The van der Waals surface area contributed by atoms with Crippen LogP contribution in [0.5, 0.6) is 5.75 Å². The number of fused-ring (bicyclic) bond motifs is 1. The SMILES string of the molecule is Nc1nc2c(c(=O)[nH]1)NCN2C1CC(COP(=O)(O)Oc2ccccc2Cl)C1CO. The number of H-pyrrole nitrogens is 1. The van der Waals surface area contributed by atoms with Crippen molar-refractivity contribution in [3.8, 4) is 5.75 Å². The van der Waals surface area contributed by atoms with E-state index in [0.29, 0.717) is 24.6 Å². The van der Waals surface area contributed by atoms with Crippen LogP contribution >= 0.6 is 19.4 Å². The number of hydrogen-bond donors (Lipinski definition) is 5. The molecule has 1 aromatic heterocycles. The van der Waals surface area contributed by atoms with Crippen LogP contribution in [-0.4, -0.2) is 45.9 Å². The Morgan fingerprint density at radius 3 is 2.90 bits per heavy atom. The molecule has 1 fully saturated rings. The van der Waals surface area contributed by atoms with Crippen molar-refractivity contribution in [1.29, 1.82) is 0 Å². The third-order valence-corrected chi connectivity index (χ3v) is 6.59. The second-order valence-electron chi connectivity index (χ2n) is 7.15. The van der Waals surface area contributed by atoms with Crippen molar-refractivity contribution in [3.63, 3.8) is 0 Å². The summed E-state index contributed by atoms with van der Waals surface area (Å²) in [6.07, 6.45) is 0.562. The zero-order valence-electron chi connectivity index (χ0n) is 15.7. The number of phosphoric ester groups is 1. The number of para-hydroxylation sites is 1. The summed E-state index contributed by atoms with van der Waals surface area (Å²) in [5.41, 5.74) is 5.61. The van der Waals surface area contributed by atoms with Gasteiger partial charge in [-0.25, -0.2) is 4.57 Å². The maximum atomic E-state index is 12.3. The molecule has 6 N–H and O–H groups in total. The Balaban J connectivity index is 1.39. The molecule has 2 heterocycles. The monoisotopic (exact) mass is 457 g/mol. The minimum absolute atomic E-state index is 0.00476. The average Bonchev–Trinajstić information content (AvgIpc) is 3.06. The van der Waals surface area contributed by atoms with Crippen molar-refractivity contribution in [1.82, 2.24) is 9.97 Å². The number of nitrogens with zero attached hydrogens (tertiary/aromatic N) is 2. The molecule has 4 rings (SSSR count). The molecule has 1 aliphatic carbocycles. The lowest BCUT2D eigenvalue weighted by molar-refractivity contribution is 0.0217. The molecule has 13 heteroatoms. The van der Waals surface area contributed by atoms with Crippen LogP contribution in [0.25, 0.3) is 0 Å². The molecule has 1 saturated carbocycles. The third kappa shape index (κ3) is 3.99. The maximum absolute atomic E-state index is 12.3. The molecular formula is C17H21ClN5O6P. The second-order valence-corrected chi connectivity index (χ2v) is 8.94. The fraction of sp³-hybridized carbons (Fsp3) is 0.412. The lowest BCUT2D eigenvalue weighted by Gasteiger charge is -2.48. The van der Waals surface area contributed by atoms with Crippen LogP contribution in [0.2, 0.25) is 5.02 Å². The molecule has 0 radical (unpaired) electrons. The number of rotatable bonds is 7. The summed E-state index contributed by atoms with van der Waals surface area (Å²) in [4.78, 5) is 30.5. The van der Waals surface area contributed by atoms with Crippen LogP contribution in [-0.2, 0) is 9.09 Å². The molecule has 4 unspecified atom stereocenters. The number of nitrogen functional groups attached to an aromatic ring is 1. The molecule has 11 nitrogen and oxygen atoms in total. The number of aromatic amines is 1. The first-order valence-corrected chi connectivity index (χ1v) is 11.1. The summed E-state index contributed by atoms with van der Waals surface area (Å²) >= 11 is 5.94. The van der Waals surface area contributed by atoms with E-state index in [1.807, 2.05) is 4.90 Å². The summed E-state index contributed by atoms with van der Waals surface area (Å²) in [5.74, 6) is 0.0435. The van der Waals surface area contributed by atoms with E-state index >= 15 is 0 Å². The Kier molecular flexibility index (Phi) is 5.65. The minimum Gasteiger partial charge on any atom is -0.403 e. The first-order chi connectivity index (χ1) is 14.3. The Morgan fingerprint density at radius 2 is 2.17 bits per heavy atom.